The van der Waals surface area contributed by atoms with Crippen LogP contribution >= 0.6 is 0 Å². The number of hydrogen-bond acceptors (Lipinski definition) is 2. The molecule has 2 N–H and O–H groups in total. The summed E-state index contributed by atoms with van der Waals surface area (Å²) in [6.45, 7) is 2.26. The molecular formula is C19H28N2. The summed E-state index contributed by atoms with van der Waals surface area (Å²) in [6, 6.07) is 10.5. The molecule has 1 heterocycles. The molecule has 0 saturated heterocycles. The van der Waals surface area contributed by atoms with Gasteiger partial charge in [0, 0.05) is 17.6 Å². The summed E-state index contributed by atoms with van der Waals surface area (Å²) in [5, 5.41) is 2.44. The first-order valence-electron chi connectivity index (χ1n) is 8.42. The third kappa shape index (κ3) is 4.82. The van der Waals surface area contributed by atoms with Gasteiger partial charge in [-0.3, -0.25) is 4.98 Å². The normalized spacial score (nSPS) is 12.7. The molecule has 0 aliphatic rings. The van der Waals surface area contributed by atoms with Gasteiger partial charge < -0.3 is 5.73 Å². The number of nitrogens with zero attached hydrogens (tertiary/aromatic N) is 1. The predicted octanol–water partition coefficient (Wildman–Crippen LogP) is 5.38. The second kappa shape index (κ2) is 8.78. The van der Waals surface area contributed by atoms with E-state index in [1.54, 1.807) is 0 Å². The fourth-order valence-corrected chi connectivity index (χ4v) is 2.90. The Morgan fingerprint density at radius 1 is 0.952 bits per heavy atom. The van der Waals surface area contributed by atoms with Gasteiger partial charge in [0.1, 0.15) is 0 Å². The van der Waals surface area contributed by atoms with Crippen molar-refractivity contribution in [2.75, 3.05) is 0 Å². The van der Waals surface area contributed by atoms with Gasteiger partial charge in [0.05, 0.1) is 5.69 Å². The van der Waals surface area contributed by atoms with Crippen LogP contribution in [0.5, 0.6) is 0 Å². The molecule has 0 aliphatic carbocycles. The predicted molar refractivity (Wildman–Crippen MR) is 91.3 cm³/mol. The molecule has 114 valence electrons. The fraction of sp³-hybridized carbons (Fsp3) is 0.526. The van der Waals surface area contributed by atoms with Crippen molar-refractivity contribution >= 4 is 10.8 Å². The highest BCUT2D eigenvalue weighted by molar-refractivity contribution is 5.84. The topological polar surface area (TPSA) is 38.9 Å². The summed E-state index contributed by atoms with van der Waals surface area (Å²) in [7, 11) is 0. The van der Waals surface area contributed by atoms with Crippen molar-refractivity contribution in [2.24, 2.45) is 5.73 Å². The Balaban J connectivity index is 1.81. The molecule has 0 radical (unpaired) electrons. The number of nitrogens with two attached hydrogens (primary N) is 1. The molecule has 2 aromatic rings. The molecule has 1 atom stereocenters. The van der Waals surface area contributed by atoms with Crippen molar-refractivity contribution < 1.29 is 0 Å². The van der Waals surface area contributed by atoms with Crippen LogP contribution in [0.1, 0.15) is 70.0 Å². The van der Waals surface area contributed by atoms with Crippen LogP contribution in [0.4, 0.5) is 0 Å². The average Bonchev–Trinajstić information content (AvgIpc) is 2.53. The molecule has 0 fully saturated rings. The quantitative estimate of drug-likeness (QED) is 0.628. The van der Waals surface area contributed by atoms with Crippen LogP contribution in [-0.2, 0) is 0 Å². The highest BCUT2D eigenvalue weighted by Gasteiger charge is 2.10. The lowest BCUT2D eigenvalue weighted by molar-refractivity contribution is 0.537. The maximum Gasteiger partial charge on any atom is 0.0649 e. The van der Waals surface area contributed by atoms with Crippen molar-refractivity contribution in [3.8, 4) is 0 Å². The van der Waals surface area contributed by atoms with Gasteiger partial charge in [0.25, 0.3) is 0 Å². The third-order valence-electron chi connectivity index (χ3n) is 4.17. The van der Waals surface area contributed by atoms with Crippen LogP contribution in [0.25, 0.3) is 10.8 Å². The lowest BCUT2D eigenvalue weighted by Crippen LogP contribution is -2.12. The summed E-state index contributed by atoms with van der Waals surface area (Å²) in [4.78, 5) is 4.52. The van der Waals surface area contributed by atoms with Gasteiger partial charge in [-0.25, -0.2) is 0 Å². The van der Waals surface area contributed by atoms with Crippen LogP contribution in [0.15, 0.2) is 36.5 Å². The van der Waals surface area contributed by atoms with Gasteiger partial charge in [-0.05, 0) is 17.9 Å². The third-order valence-corrected chi connectivity index (χ3v) is 4.17. The molecule has 2 nitrogen and oxygen atoms in total. The van der Waals surface area contributed by atoms with Crippen molar-refractivity contribution in [3.63, 3.8) is 0 Å². The number of rotatable bonds is 9. The lowest BCUT2D eigenvalue weighted by Gasteiger charge is -2.13. The Labute approximate surface area is 128 Å². The van der Waals surface area contributed by atoms with E-state index in [1.807, 2.05) is 6.20 Å². The summed E-state index contributed by atoms with van der Waals surface area (Å²) in [6.07, 6.45) is 12.2. The zero-order valence-electron chi connectivity index (χ0n) is 13.2. The van der Waals surface area contributed by atoms with Gasteiger partial charge in [0.15, 0.2) is 0 Å². The smallest absolute Gasteiger partial charge is 0.0649 e. The number of aromatic nitrogens is 1. The Hall–Kier alpha value is -1.41. The van der Waals surface area contributed by atoms with Gasteiger partial charge in [0.2, 0.25) is 0 Å². The van der Waals surface area contributed by atoms with Crippen molar-refractivity contribution in [1.82, 2.24) is 4.98 Å². The van der Waals surface area contributed by atoms with Gasteiger partial charge in [-0.15, -0.1) is 0 Å². The molecule has 1 unspecified atom stereocenters. The first-order valence-corrected chi connectivity index (χ1v) is 8.42. The largest absolute Gasteiger partial charge is 0.323 e. The van der Waals surface area contributed by atoms with Crippen LogP contribution < -0.4 is 5.73 Å². The van der Waals surface area contributed by atoms with E-state index >= 15 is 0 Å². The standard InChI is InChI=1S/C19H28N2/c1-2-3-4-5-6-7-8-13-18(20)19-17-12-10-9-11-16(17)14-15-21-19/h9-12,14-15,18H,2-8,13,20H2,1H3. The second-order valence-corrected chi connectivity index (χ2v) is 5.93. The van der Waals surface area contributed by atoms with Crippen LogP contribution in [0.3, 0.4) is 0 Å². The molecule has 0 spiro atoms. The number of hydrogen-bond donors (Lipinski definition) is 1. The van der Waals surface area contributed by atoms with E-state index in [2.05, 4.69) is 42.2 Å². The van der Waals surface area contributed by atoms with Crippen molar-refractivity contribution in [2.45, 2.75) is 64.3 Å². The van der Waals surface area contributed by atoms with Crippen molar-refractivity contribution in [1.29, 1.82) is 0 Å². The highest BCUT2D eigenvalue weighted by Crippen LogP contribution is 2.24. The zero-order chi connectivity index (χ0) is 14.9. The van der Waals surface area contributed by atoms with Crippen molar-refractivity contribution in [3.05, 3.63) is 42.2 Å². The maximum absolute atomic E-state index is 6.36. The minimum Gasteiger partial charge on any atom is -0.323 e. The van der Waals surface area contributed by atoms with Crippen LogP contribution in [-0.4, -0.2) is 4.98 Å². The first kappa shape index (κ1) is 16.0. The minimum absolute atomic E-state index is 0.0618. The number of pyridine rings is 1. The molecule has 1 aromatic heterocycles. The molecule has 1 aromatic carbocycles. The van der Waals surface area contributed by atoms with Gasteiger partial charge in [-0.2, -0.15) is 0 Å². The van der Waals surface area contributed by atoms with E-state index in [0.717, 1.165) is 12.1 Å². The number of fused-ring (bicyclic) bond motifs is 1. The molecule has 0 amide bonds. The highest BCUT2D eigenvalue weighted by atomic mass is 14.8. The van der Waals surface area contributed by atoms with E-state index in [4.69, 9.17) is 5.73 Å². The van der Waals surface area contributed by atoms with E-state index in [1.165, 1.54) is 55.7 Å². The Morgan fingerprint density at radius 3 is 2.48 bits per heavy atom. The van der Waals surface area contributed by atoms with E-state index in [9.17, 15) is 0 Å². The molecule has 2 rings (SSSR count). The minimum atomic E-state index is 0.0618. The van der Waals surface area contributed by atoms with Gasteiger partial charge >= 0.3 is 0 Å². The van der Waals surface area contributed by atoms with Crippen LogP contribution in [0.2, 0.25) is 0 Å². The zero-order valence-corrected chi connectivity index (χ0v) is 13.2. The summed E-state index contributed by atoms with van der Waals surface area (Å²) in [5.41, 5.74) is 7.42. The molecule has 0 aliphatic heterocycles. The van der Waals surface area contributed by atoms with E-state index in [0.29, 0.717) is 0 Å². The molecule has 0 bridgehead atoms. The van der Waals surface area contributed by atoms with E-state index < -0.39 is 0 Å². The Kier molecular flexibility index (Phi) is 6.68. The summed E-state index contributed by atoms with van der Waals surface area (Å²) in [5.74, 6) is 0. The second-order valence-electron chi connectivity index (χ2n) is 5.93. The van der Waals surface area contributed by atoms with Gasteiger partial charge in [-0.1, -0.05) is 76.1 Å². The molecule has 0 saturated carbocycles. The molecule has 2 heteroatoms. The summed E-state index contributed by atoms with van der Waals surface area (Å²) < 4.78 is 0. The maximum atomic E-state index is 6.36. The SMILES string of the molecule is CCCCCCCCCC(N)c1nccc2ccccc12. The average molecular weight is 284 g/mol. The number of benzene rings is 1. The Bertz CT molecular complexity index is 531. The molecule has 21 heavy (non-hydrogen) atoms. The summed E-state index contributed by atoms with van der Waals surface area (Å²) >= 11 is 0. The fourth-order valence-electron chi connectivity index (χ4n) is 2.90. The first-order chi connectivity index (χ1) is 10.3. The monoisotopic (exact) mass is 284 g/mol. The van der Waals surface area contributed by atoms with Crippen LogP contribution in [0, 0.1) is 0 Å². The van der Waals surface area contributed by atoms with E-state index in [-0.39, 0.29) is 6.04 Å². The number of unbranched alkanes of at least 4 members (excludes halogenated alkanes) is 6. The lowest BCUT2D eigenvalue weighted by atomic mass is 10.00. The Morgan fingerprint density at radius 2 is 1.67 bits per heavy atom. The molecular weight excluding hydrogens is 256 g/mol.